The van der Waals surface area contributed by atoms with Gasteiger partial charge in [0.25, 0.3) is 0 Å². The van der Waals surface area contributed by atoms with E-state index >= 15 is 0 Å². The highest BCUT2D eigenvalue weighted by Gasteiger charge is 2.38. The van der Waals surface area contributed by atoms with Crippen LogP contribution in [0.15, 0.2) is 30.5 Å². The third-order valence-electron chi connectivity index (χ3n) is 5.20. The number of fused-ring (bicyclic) bond motifs is 1. The van der Waals surface area contributed by atoms with E-state index < -0.39 is 0 Å². The molecule has 110 valence electrons. The SMILES string of the molecule is O=C1CCC(c2c[nH]c3ccccc23)N1C1CCCCC1. The van der Waals surface area contributed by atoms with E-state index in [2.05, 4.69) is 40.3 Å². The maximum Gasteiger partial charge on any atom is 0.223 e. The number of benzene rings is 1. The second-order valence-electron chi connectivity index (χ2n) is 6.44. The predicted octanol–water partition coefficient (Wildman–Crippen LogP) is 4.16. The fraction of sp³-hybridized carbons (Fsp3) is 0.500. The van der Waals surface area contributed by atoms with Gasteiger partial charge < -0.3 is 9.88 Å². The number of aromatic amines is 1. The van der Waals surface area contributed by atoms with Crippen molar-refractivity contribution in [3.05, 3.63) is 36.0 Å². The number of likely N-dealkylation sites (tertiary alicyclic amines) is 1. The molecule has 0 radical (unpaired) electrons. The van der Waals surface area contributed by atoms with E-state index in [9.17, 15) is 4.79 Å². The van der Waals surface area contributed by atoms with Crippen LogP contribution in [0.3, 0.4) is 0 Å². The lowest BCUT2D eigenvalue weighted by Gasteiger charge is -2.35. The lowest BCUT2D eigenvalue weighted by atomic mass is 9.92. The van der Waals surface area contributed by atoms with E-state index in [1.54, 1.807) is 0 Å². The fourth-order valence-electron chi connectivity index (χ4n) is 4.19. The van der Waals surface area contributed by atoms with Crippen LogP contribution in [0, 0.1) is 0 Å². The number of amides is 1. The summed E-state index contributed by atoms with van der Waals surface area (Å²) >= 11 is 0. The van der Waals surface area contributed by atoms with E-state index in [-0.39, 0.29) is 6.04 Å². The largest absolute Gasteiger partial charge is 0.361 e. The predicted molar refractivity (Wildman–Crippen MR) is 84.0 cm³/mol. The molecular weight excluding hydrogens is 260 g/mol. The second kappa shape index (κ2) is 5.21. The van der Waals surface area contributed by atoms with E-state index in [0.29, 0.717) is 18.4 Å². The minimum Gasteiger partial charge on any atom is -0.361 e. The summed E-state index contributed by atoms with van der Waals surface area (Å²) in [7, 11) is 0. The van der Waals surface area contributed by atoms with Gasteiger partial charge in [-0.25, -0.2) is 0 Å². The van der Waals surface area contributed by atoms with Gasteiger partial charge in [0.05, 0.1) is 6.04 Å². The number of aromatic nitrogens is 1. The zero-order chi connectivity index (χ0) is 14.2. The summed E-state index contributed by atoms with van der Waals surface area (Å²) in [6, 6.07) is 9.16. The van der Waals surface area contributed by atoms with Gasteiger partial charge in [-0.1, -0.05) is 37.5 Å². The van der Waals surface area contributed by atoms with Crippen molar-refractivity contribution >= 4 is 16.8 Å². The molecule has 2 aromatic rings. The molecule has 1 amide bonds. The molecular formula is C18H22N2O. The first-order valence-electron chi connectivity index (χ1n) is 8.22. The first-order valence-corrected chi connectivity index (χ1v) is 8.22. The molecule has 3 nitrogen and oxygen atoms in total. The van der Waals surface area contributed by atoms with Crippen LogP contribution in [0.2, 0.25) is 0 Å². The summed E-state index contributed by atoms with van der Waals surface area (Å²) in [4.78, 5) is 18.0. The molecule has 1 aliphatic heterocycles. The summed E-state index contributed by atoms with van der Waals surface area (Å²) in [6.07, 6.45) is 10.0. The van der Waals surface area contributed by atoms with Crippen LogP contribution < -0.4 is 0 Å². The number of carbonyl (C=O) groups excluding carboxylic acids is 1. The fourth-order valence-corrected chi connectivity index (χ4v) is 4.19. The molecule has 1 N–H and O–H groups in total. The van der Waals surface area contributed by atoms with Gasteiger partial charge in [0.1, 0.15) is 0 Å². The van der Waals surface area contributed by atoms with Gasteiger partial charge in [-0.15, -0.1) is 0 Å². The van der Waals surface area contributed by atoms with Crippen LogP contribution in [0.4, 0.5) is 0 Å². The Labute approximate surface area is 125 Å². The van der Waals surface area contributed by atoms with E-state index in [1.165, 1.54) is 48.6 Å². The molecule has 4 rings (SSSR count). The van der Waals surface area contributed by atoms with Crippen molar-refractivity contribution in [1.29, 1.82) is 0 Å². The summed E-state index contributed by atoms with van der Waals surface area (Å²) < 4.78 is 0. The lowest BCUT2D eigenvalue weighted by Crippen LogP contribution is -2.39. The van der Waals surface area contributed by atoms with Crippen LogP contribution in [0.1, 0.15) is 56.6 Å². The van der Waals surface area contributed by atoms with Gasteiger partial charge in [-0.2, -0.15) is 0 Å². The highest BCUT2D eigenvalue weighted by atomic mass is 16.2. The Morgan fingerprint density at radius 2 is 1.86 bits per heavy atom. The average Bonchev–Trinajstić information content (AvgIpc) is 3.11. The highest BCUT2D eigenvalue weighted by Crippen LogP contribution is 2.40. The van der Waals surface area contributed by atoms with Gasteiger partial charge >= 0.3 is 0 Å². The highest BCUT2D eigenvalue weighted by molar-refractivity contribution is 5.86. The minimum atomic E-state index is 0.275. The van der Waals surface area contributed by atoms with Crippen molar-refractivity contribution in [2.75, 3.05) is 0 Å². The molecule has 2 aliphatic rings. The van der Waals surface area contributed by atoms with Crippen LogP contribution in [-0.2, 0) is 4.79 Å². The van der Waals surface area contributed by atoms with Crippen LogP contribution in [0.5, 0.6) is 0 Å². The maximum atomic E-state index is 12.4. The van der Waals surface area contributed by atoms with Crippen LogP contribution in [-0.4, -0.2) is 21.8 Å². The standard InChI is InChI=1S/C18H22N2O/c21-18-11-10-17(20(18)13-6-2-1-3-7-13)15-12-19-16-9-5-4-8-14(15)16/h4-5,8-9,12-13,17,19H,1-3,6-7,10-11H2. The monoisotopic (exact) mass is 282 g/mol. The second-order valence-corrected chi connectivity index (χ2v) is 6.44. The number of hydrogen-bond acceptors (Lipinski definition) is 1. The smallest absolute Gasteiger partial charge is 0.223 e. The van der Waals surface area contributed by atoms with Crippen molar-refractivity contribution < 1.29 is 4.79 Å². The molecule has 1 aliphatic carbocycles. The van der Waals surface area contributed by atoms with E-state index in [0.717, 1.165) is 6.42 Å². The Morgan fingerprint density at radius 3 is 2.71 bits per heavy atom. The number of carbonyl (C=O) groups is 1. The molecule has 1 unspecified atom stereocenters. The summed E-state index contributed by atoms with van der Waals surface area (Å²) in [6.45, 7) is 0. The van der Waals surface area contributed by atoms with Crippen LogP contribution in [0.25, 0.3) is 10.9 Å². The van der Waals surface area contributed by atoms with Gasteiger partial charge in [0.15, 0.2) is 0 Å². The van der Waals surface area contributed by atoms with Gasteiger partial charge in [0.2, 0.25) is 5.91 Å². The molecule has 21 heavy (non-hydrogen) atoms. The topological polar surface area (TPSA) is 36.1 Å². The molecule has 1 saturated heterocycles. The Bertz CT molecular complexity index is 654. The first kappa shape index (κ1) is 12.9. The van der Waals surface area contributed by atoms with E-state index in [4.69, 9.17) is 0 Å². The molecule has 0 bridgehead atoms. The van der Waals surface area contributed by atoms with Crippen molar-refractivity contribution in [3.63, 3.8) is 0 Å². The molecule has 1 saturated carbocycles. The minimum absolute atomic E-state index is 0.275. The molecule has 1 aromatic carbocycles. The van der Waals surface area contributed by atoms with Crippen molar-refractivity contribution in [2.45, 2.75) is 57.0 Å². The summed E-state index contributed by atoms with van der Waals surface area (Å²) in [5, 5.41) is 1.28. The van der Waals surface area contributed by atoms with Gasteiger partial charge in [0, 0.05) is 29.6 Å². The number of nitrogens with zero attached hydrogens (tertiary/aromatic N) is 1. The zero-order valence-corrected chi connectivity index (χ0v) is 12.3. The van der Waals surface area contributed by atoms with Crippen LogP contribution >= 0.6 is 0 Å². The van der Waals surface area contributed by atoms with Crippen molar-refractivity contribution in [1.82, 2.24) is 9.88 Å². The normalized spacial score (nSPS) is 24.1. The number of nitrogens with one attached hydrogen (secondary N) is 1. The number of H-pyrrole nitrogens is 1. The Balaban J connectivity index is 1.70. The Hall–Kier alpha value is -1.77. The third kappa shape index (κ3) is 2.15. The number of para-hydroxylation sites is 1. The van der Waals surface area contributed by atoms with Gasteiger partial charge in [-0.05, 0) is 30.9 Å². The molecule has 1 atom stereocenters. The molecule has 2 fully saturated rings. The molecule has 2 heterocycles. The average molecular weight is 282 g/mol. The number of hydrogen-bond donors (Lipinski definition) is 1. The third-order valence-corrected chi connectivity index (χ3v) is 5.20. The summed E-state index contributed by atoms with van der Waals surface area (Å²) in [5.74, 6) is 0.359. The van der Waals surface area contributed by atoms with Crippen molar-refractivity contribution in [2.24, 2.45) is 0 Å². The molecule has 1 aromatic heterocycles. The van der Waals surface area contributed by atoms with E-state index in [1.807, 2.05) is 0 Å². The Morgan fingerprint density at radius 1 is 1.05 bits per heavy atom. The number of rotatable bonds is 2. The molecule has 0 spiro atoms. The molecule has 3 heteroatoms. The quantitative estimate of drug-likeness (QED) is 0.882. The van der Waals surface area contributed by atoms with Crippen molar-refractivity contribution in [3.8, 4) is 0 Å². The lowest BCUT2D eigenvalue weighted by molar-refractivity contribution is -0.132. The Kier molecular flexibility index (Phi) is 3.21. The van der Waals surface area contributed by atoms with Gasteiger partial charge in [-0.3, -0.25) is 4.79 Å². The zero-order valence-electron chi connectivity index (χ0n) is 12.3. The summed E-state index contributed by atoms with van der Waals surface area (Å²) in [5.41, 5.74) is 2.48. The first-order chi connectivity index (χ1) is 10.3. The maximum absolute atomic E-state index is 12.4.